The number of likely N-dealkylation sites (N-methyl/N-ethyl adjacent to an activating group) is 1. The Labute approximate surface area is 217 Å². The second kappa shape index (κ2) is 12.0. The van der Waals surface area contributed by atoms with E-state index in [-0.39, 0.29) is 11.8 Å². The van der Waals surface area contributed by atoms with Crippen LogP contribution in [0.3, 0.4) is 0 Å². The average molecular weight is 505 g/mol. The predicted octanol–water partition coefficient (Wildman–Crippen LogP) is 4.88. The number of amides is 2. The smallest absolute Gasteiger partial charge is 0.256 e. The summed E-state index contributed by atoms with van der Waals surface area (Å²) in [5.41, 5.74) is 2.49. The zero-order valence-electron chi connectivity index (χ0n) is 20.7. The van der Waals surface area contributed by atoms with Gasteiger partial charge in [-0.25, -0.2) is 4.31 Å². The first kappa shape index (κ1) is 25.6. The summed E-state index contributed by atoms with van der Waals surface area (Å²) in [5, 5.41) is 5.94. The van der Waals surface area contributed by atoms with Crippen molar-refractivity contribution in [2.24, 2.45) is 0 Å². The number of nitrogens with zero attached hydrogens (tertiary/aromatic N) is 2. The fourth-order valence-electron chi connectivity index (χ4n) is 4.16. The topological polar surface area (TPSA) is 73.9 Å². The van der Waals surface area contributed by atoms with Crippen molar-refractivity contribution < 1.29 is 14.3 Å². The van der Waals surface area contributed by atoms with Gasteiger partial charge in [0.2, 0.25) is 0 Å². The lowest BCUT2D eigenvalue weighted by molar-refractivity contribution is -0.134. The molecular formula is C28H32N4O3S. The van der Waals surface area contributed by atoms with Crippen molar-refractivity contribution in [3.8, 4) is 5.75 Å². The molecule has 36 heavy (non-hydrogen) atoms. The molecule has 7 nitrogen and oxygen atoms in total. The number of hydrogen-bond acceptors (Lipinski definition) is 6. The van der Waals surface area contributed by atoms with E-state index in [4.69, 9.17) is 4.74 Å². The molecule has 0 bridgehead atoms. The fraction of sp³-hybridized carbons (Fsp3) is 0.286. The molecule has 2 aromatic rings. The van der Waals surface area contributed by atoms with Gasteiger partial charge in [-0.3, -0.25) is 9.59 Å². The van der Waals surface area contributed by atoms with E-state index >= 15 is 0 Å². The first-order valence-corrected chi connectivity index (χ1v) is 12.8. The van der Waals surface area contributed by atoms with Gasteiger partial charge in [0.1, 0.15) is 11.8 Å². The van der Waals surface area contributed by atoms with Gasteiger partial charge < -0.3 is 20.3 Å². The summed E-state index contributed by atoms with van der Waals surface area (Å²) in [6.07, 6.45) is 8.79. The minimum absolute atomic E-state index is 0.282. The summed E-state index contributed by atoms with van der Waals surface area (Å²) < 4.78 is 7.65. The molecule has 4 rings (SSSR count). The van der Waals surface area contributed by atoms with Gasteiger partial charge in [-0.1, -0.05) is 25.1 Å². The van der Waals surface area contributed by atoms with Crippen LogP contribution in [-0.4, -0.2) is 48.3 Å². The summed E-state index contributed by atoms with van der Waals surface area (Å²) in [6, 6.07) is 14.2. The Morgan fingerprint density at radius 2 is 1.75 bits per heavy atom. The maximum Gasteiger partial charge on any atom is 0.256 e. The van der Waals surface area contributed by atoms with Crippen LogP contribution < -0.4 is 15.4 Å². The van der Waals surface area contributed by atoms with Gasteiger partial charge in [0, 0.05) is 42.6 Å². The number of piperidine rings is 1. The van der Waals surface area contributed by atoms with Crippen LogP contribution >= 0.6 is 11.9 Å². The van der Waals surface area contributed by atoms with Gasteiger partial charge in [-0.15, -0.1) is 0 Å². The number of benzene rings is 2. The van der Waals surface area contributed by atoms with Crippen LogP contribution in [0, 0.1) is 0 Å². The second-order valence-corrected chi connectivity index (χ2v) is 9.96. The first-order chi connectivity index (χ1) is 17.4. The molecule has 2 heterocycles. The molecule has 2 aliphatic rings. The Hall–Kier alpha value is -3.49. The van der Waals surface area contributed by atoms with E-state index in [2.05, 4.69) is 21.5 Å². The maximum atomic E-state index is 13.5. The van der Waals surface area contributed by atoms with Crippen LogP contribution in [0.2, 0.25) is 0 Å². The van der Waals surface area contributed by atoms with Gasteiger partial charge in [-0.2, -0.15) is 0 Å². The number of anilines is 1. The maximum absolute atomic E-state index is 13.5. The third kappa shape index (κ3) is 6.38. The predicted molar refractivity (Wildman–Crippen MR) is 144 cm³/mol. The van der Waals surface area contributed by atoms with Crippen molar-refractivity contribution in [1.82, 2.24) is 14.5 Å². The highest BCUT2D eigenvalue weighted by atomic mass is 32.2. The Balaban J connectivity index is 1.51. The van der Waals surface area contributed by atoms with Gasteiger partial charge >= 0.3 is 0 Å². The minimum atomic E-state index is -0.842. The van der Waals surface area contributed by atoms with Crippen molar-refractivity contribution in [2.45, 2.75) is 30.2 Å². The highest BCUT2D eigenvalue weighted by Crippen LogP contribution is 2.29. The Bertz CT molecular complexity index is 1150. The molecule has 188 valence electrons. The largest absolute Gasteiger partial charge is 0.497 e. The van der Waals surface area contributed by atoms with Crippen LogP contribution in [0.25, 0.3) is 0 Å². The molecule has 0 radical (unpaired) electrons. The molecule has 0 saturated carbocycles. The molecular weight excluding hydrogens is 472 g/mol. The number of ether oxygens (including phenoxy) is 1. The third-order valence-electron chi connectivity index (χ3n) is 6.18. The zero-order valence-corrected chi connectivity index (χ0v) is 21.5. The summed E-state index contributed by atoms with van der Waals surface area (Å²) >= 11 is 1.75. The molecule has 0 spiro atoms. The Kier molecular flexibility index (Phi) is 8.51. The van der Waals surface area contributed by atoms with E-state index < -0.39 is 6.04 Å². The molecule has 1 unspecified atom stereocenters. The number of nitrogens with one attached hydrogen (secondary N) is 2. The molecule has 2 N–H and O–H groups in total. The van der Waals surface area contributed by atoms with E-state index in [1.165, 1.54) is 24.2 Å². The monoisotopic (exact) mass is 504 g/mol. The summed E-state index contributed by atoms with van der Waals surface area (Å²) in [6.45, 7) is 6.02. The van der Waals surface area contributed by atoms with E-state index in [0.29, 0.717) is 28.3 Å². The number of carbonyl (C=O) groups is 2. The minimum Gasteiger partial charge on any atom is -0.497 e. The van der Waals surface area contributed by atoms with Crippen LogP contribution in [0.5, 0.6) is 5.75 Å². The average Bonchev–Trinajstić information content (AvgIpc) is 2.91. The number of carbonyl (C=O) groups excluding carboxylic acids is 2. The van der Waals surface area contributed by atoms with Gasteiger partial charge in [0.15, 0.2) is 0 Å². The van der Waals surface area contributed by atoms with Crippen molar-refractivity contribution in [2.75, 3.05) is 32.6 Å². The van der Waals surface area contributed by atoms with Crippen molar-refractivity contribution in [3.63, 3.8) is 0 Å². The van der Waals surface area contributed by atoms with Crippen LogP contribution in [0.15, 0.2) is 89.6 Å². The molecule has 1 atom stereocenters. The second-order valence-electron chi connectivity index (χ2n) is 8.79. The van der Waals surface area contributed by atoms with E-state index in [9.17, 15) is 9.59 Å². The molecule has 0 aliphatic carbocycles. The third-order valence-corrected chi connectivity index (χ3v) is 7.29. The lowest BCUT2D eigenvalue weighted by Crippen LogP contribution is -2.39. The molecule has 2 aliphatic heterocycles. The molecule has 1 fully saturated rings. The molecule has 8 heteroatoms. The van der Waals surface area contributed by atoms with Crippen LogP contribution in [0.4, 0.5) is 5.69 Å². The highest BCUT2D eigenvalue weighted by molar-refractivity contribution is 7.97. The van der Waals surface area contributed by atoms with Crippen LogP contribution in [-0.2, 0) is 9.59 Å². The number of rotatable bonds is 8. The molecule has 2 aromatic carbocycles. The fourth-order valence-corrected chi connectivity index (χ4v) is 5.16. The quantitative estimate of drug-likeness (QED) is 0.499. The summed E-state index contributed by atoms with van der Waals surface area (Å²) in [5.74, 6) is 0.0926. The van der Waals surface area contributed by atoms with Gasteiger partial charge in [-0.05, 0) is 78.9 Å². The highest BCUT2D eigenvalue weighted by Gasteiger charge is 2.30. The lowest BCUT2D eigenvalue weighted by atomic mass is 10.0. The van der Waals surface area contributed by atoms with Crippen molar-refractivity contribution >= 4 is 29.4 Å². The van der Waals surface area contributed by atoms with Gasteiger partial charge in [0.05, 0.1) is 12.7 Å². The standard InChI is InChI=1S/C28H32N4O3S/c1-20-7-8-22(19-29-20)28(34)31(2)26(21-9-13-24(35-3)14-10-21)27(33)30-23-11-15-25(16-12-23)36-32-17-5-4-6-18-32/h7-16,19,26,29H,1,4-6,17-18H2,2-3H3,(H,30,33). The normalized spacial score (nSPS) is 16.5. The molecule has 2 amide bonds. The zero-order chi connectivity index (χ0) is 25.5. The Morgan fingerprint density at radius 3 is 2.36 bits per heavy atom. The van der Waals surface area contributed by atoms with E-state index in [0.717, 1.165) is 18.0 Å². The van der Waals surface area contributed by atoms with Crippen molar-refractivity contribution in [1.29, 1.82) is 0 Å². The molecule has 0 aromatic heterocycles. The number of dihydropyridines is 1. The molecule has 1 saturated heterocycles. The van der Waals surface area contributed by atoms with E-state index in [1.807, 2.05) is 24.3 Å². The van der Waals surface area contributed by atoms with Crippen LogP contribution in [0.1, 0.15) is 30.9 Å². The number of hydrogen-bond donors (Lipinski definition) is 2. The lowest BCUT2D eigenvalue weighted by Gasteiger charge is -2.29. The summed E-state index contributed by atoms with van der Waals surface area (Å²) in [4.78, 5) is 29.4. The number of allylic oxidation sites excluding steroid dienone is 1. The summed E-state index contributed by atoms with van der Waals surface area (Å²) in [7, 11) is 3.22. The van der Waals surface area contributed by atoms with Crippen molar-refractivity contribution in [3.05, 3.63) is 90.3 Å². The van der Waals surface area contributed by atoms with Gasteiger partial charge in [0.25, 0.3) is 11.8 Å². The first-order valence-electron chi connectivity index (χ1n) is 12.0. The van der Waals surface area contributed by atoms with E-state index in [1.54, 1.807) is 68.7 Å². The Morgan fingerprint density at radius 1 is 1.06 bits per heavy atom. The number of methoxy groups -OCH3 is 1. The SMILES string of the molecule is C=C1C=CC(C(=O)N(C)C(C(=O)Nc2ccc(SN3CCCCC3)cc2)c2ccc(OC)cc2)=CN1.